The van der Waals surface area contributed by atoms with Crippen LogP contribution in [0.4, 0.5) is 0 Å². The van der Waals surface area contributed by atoms with E-state index in [-0.39, 0.29) is 5.41 Å². The summed E-state index contributed by atoms with van der Waals surface area (Å²) < 4.78 is 17.9. The van der Waals surface area contributed by atoms with Crippen LogP contribution in [-0.2, 0) is 20.2 Å². The molecule has 4 fully saturated rings. The fraction of sp³-hybridized carbons (Fsp3) is 0.529. The van der Waals surface area contributed by atoms with Gasteiger partial charge in [0.05, 0.1) is 19.8 Å². The predicted molar refractivity (Wildman–Crippen MR) is 73.6 cm³/mol. The van der Waals surface area contributed by atoms with Gasteiger partial charge in [-0.05, 0) is 42.5 Å². The lowest BCUT2D eigenvalue weighted by atomic mass is 9.82. The van der Waals surface area contributed by atoms with Crippen LogP contribution < -0.4 is 0 Å². The van der Waals surface area contributed by atoms with Crippen LogP contribution in [0.1, 0.15) is 24.5 Å². The molecule has 1 aromatic rings. The lowest BCUT2D eigenvalue weighted by Crippen LogP contribution is -2.59. The standard InChI is InChI=1S/C17H18O3/c1-3-13-4-6-14(7-5-13)17-18-9-16(10-19-17,11-20-17)15-8-12(15)2/h1,4-7,12,15H,8-11H2,2H3/t12-,15-,16?,17?/m0/s1. The van der Waals surface area contributed by atoms with Gasteiger partial charge < -0.3 is 14.2 Å². The van der Waals surface area contributed by atoms with Gasteiger partial charge in [0.25, 0.3) is 0 Å². The summed E-state index contributed by atoms with van der Waals surface area (Å²) in [5.74, 6) is 3.04. The van der Waals surface area contributed by atoms with Gasteiger partial charge in [0.1, 0.15) is 0 Å². The monoisotopic (exact) mass is 270 g/mol. The summed E-state index contributed by atoms with van der Waals surface area (Å²) in [6, 6.07) is 7.62. The van der Waals surface area contributed by atoms with E-state index in [4.69, 9.17) is 20.6 Å². The molecule has 3 saturated heterocycles. The first kappa shape index (κ1) is 12.4. The molecule has 1 saturated carbocycles. The minimum Gasteiger partial charge on any atom is -0.323 e. The Morgan fingerprint density at radius 2 is 1.65 bits per heavy atom. The number of ether oxygens (including phenoxy) is 3. The summed E-state index contributed by atoms with van der Waals surface area (Å²) in [6.45, 7) is 4.45. The van der Waals surface area contributed by atoms with E-state index in [0.29, 0.717) is 5.92 Å². The van der Waals surface area contributed by atoms with E-state index in [1.54, 1.807) is 0 Å². The Labute approximate surface area is 119 Å². The van der Waals surface area contributed by atoms with Crippen LogP contribution in [-0.4, -0.2) is 19.8 Å². The molecule has 3 heteroatoms. The molecule has 0 amide bonds. The molecule has 1 aliphatic carbocycles. The zero-order valence-corrected chi connectivity index (χ0v) is 11.6. The van der Waals surface area contributed by atoms with Gasteiger partial charge in [0.2, 0.25) is 0 Å². The van der Waals surface area contributed by atoms with Crippen molar-refractivity contribution in [3.8, 4) is 12.3 Å². The Bertz CT molecular complexity index is 544. The molecule has 0 spiro atoms. The Morgan fingerprint density at radius 3 is 2.10 bits per heavy atom. The van der Waals surface area contributed by atoms with E-state index in [1.807, 2.05) is 24.3 Å². The Hall–Kier alpha value is -1.34. The summed E-state index contributed by atoms with van der Waals surface area (Å²) in [6.07, 6.45) is 6.64. The van der Waals surface area contributed by atoms with Gasteiger partial charge >= 0.3 is 5.97 Å². The molecular weight excluding hydrogens is 252 g/mol. The molecule has 4 aliphatic rings. The highest BCUT2D eigenvalue weighted by Crippen LogP contribution is 2.57. The van der Waals surface area contributed by atoms with Crippen molar-refractivity contribution in [2.24, 2.45) is 17.3 Å². The minimum atomic E-state index is -1.02. The third kappa shape index (κ3) is 1.66. The Morgan fingerprint density at radius 1 is 1.10 bits per heavy atom. The molecule has 2 bridgehead atoms. The molecule has 5 rings (SSSR count). The normalized spacial score (nSPS) is 42.2. The zero-order chi connectivity index (χ0) is 13.8. The average Bonchev–Trinajstić information content (AvgIpc) is 3.27. The van der Waals surface area contributed by atoms with Crippen molar-refractivity contribution >= 4 is 0 Å². The minimum absolute atomic E-state index is 0.0694. The topological polar surface area (TPSA) is 27.7 Å². The average molecular weight is 270 g/mol. The van der Waals surface area contributed by atoms with E-state index < -0.39 is 5.97 Å². The summed E-state index contributed by atoms with van der Waals surface area (Å²) >= 11 is 0. The largest absolute Gasteiger partial charge is 0.323 e. The van der Waals surface area contributed by atoms with Gasteiger partial charge in [-0.25, -0.2) is 0 Å². The van der Waals surface area contributed by atoms with Crippen LogP contribution in [0.2, 0.25) is 0 Å². The first-order valence-electron chi connectivity index (χ1n) is 7.16. The molecule has 3 aliphatic heterocycles. The molecule has 20 heavy (non-hydrogen) atoms. The number of fused-ring (bicyclic) bond motifs is 3. The van der Waals surface area contributed by atoms with Crippen molar-refractivity contribution in [1.29, 1.82) is 0 Å². The fourth-order valence-electron chi connectivity index (χ4n) is 3.48. The van der Waals surface area contributed by atoms with E-state index in [1.165, 1.54) is 6.42 Å². The second-order valence-electron chi connectivity index (χ2n) is 6.33. The third-order valence-corrected chi connectivity index (χ3v) is 4.95. The second kappa shape index (κ2) is 4.08. The lowest BCUT2D eigenvalue weighted by Gasteiger charge is -2.52. The molecule has 3 heterocycles. The van der Waals surface area contributed by atoms with Crippen LogP contribution in [0, 0.1) is 29.6 Å². The van der Waals surface area contributed by atoms with Crippen LogP contribution in [0.3, 0.4) is 0 Å². The molecule has 0 unspecified atom stereocenters. The van der Waals surface area contributed by atoms with E-state index >= 15 is 0 Å². The third-order valence-electron chi connectivity index (χ3n) is 4.95. The van der Waals surface area contributed by atoms with Crippen LogP contribution in [0.5, 0.6) is 0 Å². The van der Waals surface area contributed by atoms with Crippen molar-refractivity contribution in [2.45, 2.75) is 19.3 Å². The zero-order valence-electron chi connectivity index (χ0n) is 11.6. The van der Waals surface area contributed by atoms with E-state index in [0.717, 1.165) is 36.9 Å². The maximum atomic E-state index is 5.98. The Balaban J connectivity index is 1.58. The lowest BCUT2D eigenvalue weighted by molar-refractivity contribution is -0.482. The first-order chi connectivity index (χ1) is 9.67. The van der Waals surface area contributed by atoms with Gasteiger partial charge in [0.15, 0.2) is 0 Å². The highest BCUT2D eigenvalue weighted by atomic mass is 16.9. The number of terminal acetylenes is 1. The fourth-order valence-corrected chi connectivity index (χ4v) is 3.48. The van der Waals surface area contributed by atoms with Crippen molar-refractivity contribution < 1.29 is 14.2 Å². The quantitative estimate of drug-likeness (QED) is 0.773. The van der Waals surface area contributed by atoms with Gasteiger partial charge in [-0.1, -0.05) is 12.8 Å². The van der Waals surface area contributed by atoms with Crippen LogP contribution >= 0.6 is 0 Å². The van der Waals surface area contributed by atoms with Gasteiger partial charge in [0, 0.05) is 16.5 Å². The summed E-state index contributed by atoms with van der Waals surface area (Å²) in [7, 11) is 0. The highest BCUT2D eigenvalue weighted by molar-refractivity contribution is 5.35. The van der Waals surface area contributed by atoms with Crippen LogP contribution in [0.25, 0.3) is 0 Å². The maximum absolute atomic E-state index is 5.98. The van der Waals surface area contributed by atoms with Gasteiger partial charge in [-0.2, -0.15) is 0 Å². The highest BCUT2D eigenvalue weighted by Gasteiger charge is 2.61. The van der Waals surface area contributed by atoms with E-state index in [9.17, 15) is 0 Å². The number of rotatable bonds is 2. The van der Waals surface area contributed by atoms with Gasteiger partial charge in [-0.15, -0.1) is 6.42 Å². The summed E-state index contributed by atoms with van der Waals surface area (Å²) in [5.41, 5.74) is 1.80. The second-order valence-corrected chi connectivity index (χ2v) is 6.33. The van der Waals surface area contributed by atoms with Crippen molar-refractivity contribution in [3.05, 3.63) is 35.4 Å². The van der Waals surface area contributed by atoms with Crippen molar-refractivity contribution in [2.75, 3.05) is 19.8 Å². The predicted octanol–water partition coefficient (Wildman–Crippen LogP) is 2.50. The smallest absolute Gasteiger partial charge is 0.312 e. The first-order valence-corrected chi connectivity index (χ1v) is 7.16. The van der Waals surface area contributed by atoms with E-state index in [2.05, 4.69) is 12.8 Å². The van der Waals surface area contributed by atoms with Crippen LogP contribution in [0.15, 0.2) is 24.3 Å². The number of hydrogen-bond acceptors (Lipinski definition) is 3. The molecule has 3 nitrogen and oxygen atoms in total. The molecule has 104 valence electrons. The number of benzene rings is 1. The maximum Gasteiger partial charge on any atom is 0.312 e. The molecular formula is C17H18O3. The number of hydrogen-bond donors (Lipinski definition) is 0. The molecule has 0 radical (unpaired) electrons. The summed E-state index contributed by atoms with van der Waals surface area (Å²) in [4.78, 5) is 0. The summed E-state index contributed by atoms with van der Waals surface area (Å²) in [5, 5.41) is 0. The Kier molecular flexibility index (Phi) is 2.53. The van der Waals surface area contributed by atoms with Gasteiger partial charge in [-0.3, -0.25) is 0 Å². The molecule has 2 atom stereocenters. The molecule has 0 aromatic heterocycles. The molecule has 0 N–H and O–H groups in total. The molecule has 1 aromatic carbocycles. The SMILES string of the molecule is C#Cc1ccc(C23OCC([C@H]4C[C@@H]4C)(CO2)CO3)cc1. The van der Waals surface area contributed by atoms with Crippen molar-refractivity contribution in [1.82, 2.24) is 0 Å². The van der Waals surface area contributed by atoms with Crippen molar-refractivity contribution in [3.63, 3.8) is 0 Å².